The number of thioether (sulfide) groups is 2. The Kier molecular flexibility index (Phi) is 6.70. The summed E-state index contributed by atoms with van der Waals surface area (Å²) in [5.41, 5.74) is 10.1. The number of fused-ring (bicyclic) bond motifs is 1. The van der Waals surface area contributed by atoms with E-state index in [0.717, 1.165) is 25.0 Å². The zero-order valence-corrected chi connectivity index (χ0v) is 20.7. The molecule has 0 saturated heterocycles. The summed E-state index contributed by atoms with van der Waals surface area (Å²) in [5, 5.41) is 0. The molecule has 0 radical (unpaired) electrons. The third kappa shape index (κ3) is 4.80. The first-order valence-electron chi connectivity index (χ1n) is 11.4. The van der Waals surface area contributed by atoms with Crippen molar-refractivity contribution in [2.24, 2.45) is 0 Å². The monoisotopic (exact) mass is 465 g/mol. The lowest BCUT2D eigenvalue weighted by Crippen LogP contribution is -2.09. The molecule has 1 aromatic heterocycles. The van der Waals surface area contributed by atoms with Crippen LogP contribution in [0.5, 0.6) is 0 Å². The number of aryl methyl sites for hydroxylation is 1. The van der Waals surface area contributed by atoms with Crippen molar-refractivity contribution < 1.29 is 0 Å². The summed E-state index contributed by atoms with van der Waals surface area (Å²) >= 11 is 3.72. The van der Waals surface area contributed by atoms with Crippen molar-refractivity contribution in [3.05, 3.63) is 112 Å². The maximum absolute atomic E-state index is 5.29. The highest BCUT2D eigenvalue weighted by molar-refractivity contribution is 8.22. The van der Waals surface area contributed by atoms with Crippen LogP contribution in [-0.2, 0) is 6.42 Å². The predicted octanol–water partition coefficient (Wildman–Crippen LogP) is 8.88. The van der Waals surface area contributed by atoms with Crippen molar-refractivity contribution in [2.45, 2.75) is 31.1 Å². The number of hydrogen-bond acceptors (Lipinski definition) is 3. The molecule has 0 bridgehead atoms. The molecule has 1 nitrogen and oxygen atoms in total. The van der Waals surface area contributed by atoms with Gasteiger partial charge in [0, 0.05) is 10.5 Å². The lowest BCUT2D eigenvalue weighted by Gasteiger charge is -2.25. The first kappa shape index (κ1) is 22.1. The zero-order valence-electron chi connectivity index (χ0n) is 19.0. The molecule has 164 valence electrons. The molecule has 4 aromatic rings. The molecule has 5 rings (SSSR count). The van der Waals surface area contributed by atoms with E-state index in [4.69, 9.17) is 4.98 Å². The van der Waals surface area contributed by atoms with Gasteiger partial charge in [-0.25, -0.2) is 4.98 Å². The Balaban J connectivity index is 1.69. The summed E-state index contributed by atoms with van der Waals surface area (Å²) < 4.78 is 1.36. The Hall–Kier alpha value is -2.75. The molecular formula is C30H27NS2. The Bertz CT molecular complexity index is 1280. The summed E-state index contributed by atoms with van der Waals surface area (Å²) in [6.07, 6.45) is 5.49. The number of benzene rings is 3. The van der Waals surface area contributed by atoms with Crippen LogP contribution in [0.4, 0.5) is 0 Å². The molecule has 0 N–H and O–H groups in total. The maximum atomic E-state index is 5.29. The van der Waals surface area contributed by atoms with Gasteiger partial charge in [0.2, 0.25) is 0 Å². The van der Waals surface area contributed by atoms with Crippen molar-refractivity contribution in [1.29, 1.82) is 0 Å². The highest BCUT2D eigenvalue weighted by Gasteiger charge is 2.24. The number of allylic oxidation sites excluding steroid dienone is 1. The van der Waals surface area contributed by atoms with E-state index in [2.05, 4.69) is 104 Å². The van der Waals surface area contributed by atoms with Crippen molar-refractivity contribution >= 4 is 29.1 Å². The van der Waals surface area contributed by atoms with Gasteiger partial charge in [-0.15, -0.1) is 11.8 Å². The largest absolute Gasteiger partial charge is 0.248 e. The molecule has 0 atom stereocenters. The number of pyridine rings is 1. The molecule has 33 heavy (non-hydrogen) atoms. The summed E-state index contributed by atoms with van der Waals surface area (Å²) in [6, 6.07) is 32.5. The van der Waals surface area contributed by atoms with Crippen molar-refractivity contribution in [3.63, 3.8) is 0 Å². The number of hydrogen-bond donors (Lipinski definition) is 0. The first-order valence-corrected chi connectivity index (χ1v) is 13.4. The Morgan fingerprint density at radius 2 is 1.45 bits per heavy atom. The van der Waals surface area contributed by atoms with Gasteiger partial charge in [0.25, 0.3) is 0 Å². The molecule has 0 unspecified atom stereocenters. The van der Waals surface area contributed by atoms with E-state index in [-0.39, 0.29) is 0 Å². The van der Waals surface area contributed by atoms with Gasteiger partial charge in [-0.3, -0.25) is 0 Å². The van der Waals surface area contributed by atoms with Crippen LogP contribution in [0, 0.1) is 6.92 Å². The van der Waals surface area contributed by atoms with Crippen LogP contribution >= 0.6 is 23.5 Å². The third-order valence-corrected chi connectivity index (χ3v) is 8.39. The van der Waals surface area contributed by atoms with Crippen LogP contribution in [-0.4, -0.2) is 11.2 Å². The number of aromatic nitrogens is 1. The third-order valence-electron chi connectivity index (χ3n) is 6.08. The van der Waals surface area contributed by atoms with Crippen LogP contribution in [0.15, 0.2) is 100 Å². The fraction of sp³-hybridized carbons (Fsp3) is 0.167. The van der Waals surface area contributed by atoms with Crippen molar-refractivity contribution in [1.82, 2.24) is 4.98 Å². The van der Waals surface area contributed by atoms with E-state index in [1.54, 1.807) is 0 Å². The molecular weight excluding hydrogens is 438 g/mol. The molecule has 0 fully saturated rings. The van der Waals surface area contributed by atoms with E-state index in [1.807, 2.05) is 23.5 Å². The maximum Gasteiger partial charge on any atom is 0.0723 e. The van der Waals surface area contributed by atoms with Gasteiger partial charge < -0.3 is 0 Å². The van der Waals surface area contributed by atoms with E-state index in [9.17, 15) is 0 Å². The van der Waals surface area contributed by atoms with Crippen LogP contribution in [0.25, 0.3) is 28.0 Å². The van der Waals surface area contributed by atoms with Crippen LogP contribution in [0.1, 0.15) is 29.7 Å². The van der Waals surface area contributed by atoms with Gasteiger partial charge in [-0.1, -0.05) is 90.1 Å². The average Bonchev–Trinajstić information content (AvgIpc) is 2.88. The summed E-state index contributed by atoms with van der Waals surface area (Å²) in [7, 11) is 0. The molecule has 1 aliphatic rings. The highest BCUT2D eigenvalue weighted by Crippen LogP contribution is 2.46. The van der Waals surface area contributed by atoms with Crippen LogP contribution in [0.3, 0.4) is 0 Å². The van der Waals surface area contributed by atoms with E-state index in [0.29, 0.717) is 0 Å². The lowest BCUT2D eigenvalue weighted by atomic mass is 9.86. The minimum absolute atomic E-state index is 1.05. The SMILES string of the molecule is CSC(Sc1ccc(C)cc1)=C1CCCc2c(-c3ccccc3)cc(-c3ccccc3)nc21. The number of rotatable bonds is 5. The second kappa shape index (κ2) is 10.0. The normalized spacial score (nSPS) is 14.6. The fourth-order valence-corrected chi connectivity index (χ4v) is 6.28. The van der Waals surface area contributed by atoms with Crippen LogP contribution < -0.4 is 0 Å². The lowest BCUT2D eigenvalue weighted by molar-refractivity contribution is 0.811. The first-order chi connectivity index (χ1) is 16.2. The average molecular weight is 466 g/mol. The van der Waals surface area contributed by atoms with E-state index >= 15 is 0 Å². The van der Waals surface area contributed by atoms with Gasteiger partial charge in [0.05, 0.1) is 15.6 Å². The molecule has 1 aliphatic carbocycles. The van der Waals surface area contributed by atoms with Gasteiger partial charge >= 0.3 is 0 Å². The Morgan fingerprint density at radius 3 is 2.12 bits per heavy atom. The topological polar surface area (TPSA) is 12.9 Å². The molecule has 0 saturated carbocycles. The quantitative estimate of drug-likeness (QED) is 0.273. The smallest absolute Gasteiger partial charge is 0.0723 e. The Labute approximate surface area is 205 Å². The van der Waals surface area contributed by atoms with Crippen molar-refractivity contribution in [2.75, 3.05) is 6.26 Å². The minimum atomic E-state index is 1.05. The number of nitrogens with zero attached hydrogens (tertiary/aromatic N) is 1. The van der Waals surface area contributed by atoms with Crippen LogP contribution in [0.2, 0.25) is 0 Å². The summed E-state index contributed by atoms with van der Waals surface area (Å²) in [6.45, 7) is 2.14. The van der Waals surface area contributed by atoms with E-state index < -0.39 is 0 Å². The van der Waals surface area contributed by atoms with Gasteiger partial charge in [-0.05, 0) is 72.9 Å². The van der Waals surface area contributed by atoms with E-state index in [1.165, 1.54) is 48.2 Å². The highest BCUT2D eigenvalue weighted by atomic mass is 32.2. The Morgan fingerprint density at radius 1 is 0.788 bits per heavy atom. The zero-order chi connectivity index (χ0) is 22.6. The summed E-state index contributed by atoms with van der Waals surface area (Å²) in [5.74, 6) is 0. The second-order valence-corrected chi connectivity index (χ2v) is 10.5. The summed E-state index contributed by atoms with van der Waals surface area (Å²) in [4.78, 5) is 6.58. The molecule has 0 aliphatic heterocycles. The predicted molar refractivity (Wildman–Crippen MR) is 146 cm³/mol. The van der Waals surface area contributed by atoms with Gasteiger partial charge in [0.1, 0.15) is 0 Å². The molecule has 0 spiro atoms. The second-order valence-electron chi connectivity index (χ2n) is 8.35. The molecule has 1 heterocycles. The van der Waals surface area contributed by atoms with Gasteiger partial charge in [0.15, 0.2) is 0 Å². The molecule has 3 heteroatoms. The fourth-order valence-electron chi connectivity index (χ4n) is 4.41. The standard InChI is InChI=1S/C30H27NS2/c1-21-16-18-24(19-17-21)33-30(32-2)26-15-9-14-25-27(22-10-5-3-6-11-22)20-28(31-29(25)26)23-12-7-4-8-13-23/h3-8,10-13,16-20H,9,14-15H2,1-2H3. The molecule has 0 amide bonds. The van der Waals surface area contributed by atoms with Crippen molar-refractivity contribution in [3.8, 4) is 22.4 Å². The van der Waals surface area contributed by atoms with Gasteiger partial charge in [-0.2, -0.15) is 0 Å². The molecule has 3 aromatic carbocycles. The minimum Gasteiger partial charge on any atom is -0.248 e.